The van der Waals surface area contributed by atoms with Gasteiger partial charge in [-0.05, 0) is 89.9 Å². The van der Waals surface area contributed by atoms with Gasteiger partial charge in [0.05, 0.1) is 25.2 Å². The second-order valence-corrected chi connectivity index (χ2v) is 19.1. The summed E-state index contributed by atoms with van der Waals surface area (Å²) in [5, 5.41) is 14.9. The van der Waals surface area contributed by atoms with Crippen LogP contribution in [0.4, 0.5) is 19.3 Å². The van der Waals surface area contributed by atoms with Crippen LogP contribution >= 0.6 is 0 Å². The standard InChI is InChI=1S/C24H26FN3O4S.C16H15FN2O2.C8H11NO2S/c1-15(2)20-13-19(25)14-21(18-10-11-26-22(12-18)32-4)23(20)27-24(29)28-33(30,31)16(3)17-8-6-5-7-9-17;1-10(2)13-7-12(17)8-14(16(13)21-9-18)11-4-5-19-15(6-11)20-3;1-7(12(9,10)11)8-5-3-2-4-6-8/h5-16H,1-4H3,(H2,27,28,29);4-8,10H,1-3H3;2-7H,1H3,(H2,9,10,11). The molecule has 0 aliphatic rings. The summed E-state index contributed by atoms with van der Waals surface area (Å²) in [7, 11) is -4.52. The number of primary sulfonamides is 1. The molecule has 348 valence electrons. The van der Waals surface area contributed by atoms with Crippen LogP contribution in [-0.2, 0) is 20.0 Å². The Morgan fingerprint density at radius 3 is 1.58 bits per heavy atom. The van der Waals surface area contributed by atoms with Crippen LogP contribution in [0.1, 0.15) is 86.1 Å². The van der Waals surface area contributed by atoms with Gasteiger partial charge in [0.1, 0.15) is 16.9 Å². The van der Waals surface area contributed by atoms with Gasteiger partial charge >= 0.3 is 6.03 Å². The van der Waals surface area contributed by atoms with Crippen LogP contribution in [0.25, 0.3) is 22.3 Å². The molecule has 2 heterocycles. The Balaban J connectivity index is 0.000000244. The van der Waals surface area contributed by atoms with Gasteiger partial charge in [-0.3, -0.25) is 0 Å². The number of hydrogen-bond acceptors (Lipinski definition) is 11. The normalized spacial score (nSPS) is 12.0. The second kappa shape index (κ2) is 23.3. The number of halogens is 2. The van der Waals surface area contributed by atoms with Gasteiger partial charge in [-0.2, -0.15) is 0 Å². The number of pyridine rings is 2. The highest BCUT2D eigenvalue weighted by Crippen LogP contribution is 2.39. The van der Waals surface area contributed by atoms with E-state index < -0.39 is 42.4 Å². The molecule has 18 heteroatoms. The predicted octanol–water partition coefficient (Wildman–Crippen LogP) is 10.1. The molecule has 6 aromatic rings. The zero-order valence-electron chi connectivity index (χ0n) is 37.6. The van der Waals surface area contributed by atoms with E-state index in [1.807, 2.05) is 33.8 Å². The van der Waals surface area contributed by atoms with Gasteiger partial charge in [0.2, 0.25) is 31.8 Å². The highest BCUT2D eigenvalue weighted by molar-refractivity contribution is 7.90. The molecule has 0 aliphatic heterocycles. The number of carbonyl (C=O) groups excluding carboxylic acids is 1. The molecule has 6 rings (SSSR count). The largest absolute Gasteiger partial charge is 0.481 e. The van der Waals surface area contributed by atoms with Crippen LogP contribution in [0.3, 0.4) is 0 Å². The molecule has 2 aromatic heterocycles. The summed E-state index contributed by atoms with van der Waals surface area (Å²) in [4.78, 5) is 20.9. The molecule has 66 heavy (non-hydrogen) atoms. The van der Waals surface area contributed by atoms with Crippen molar-refractivity contribution >= 4 is 31.8 Å². The predicted molar refractivity (Wildman–Crippen MR) is 251 cm³/mol. The number of benzene rings is 4. The minimum absolute atomic E-state index is 0.0199. The van der Waals surface area contributed by atoms with E-state index in [2.05, 4.69) is 20.0 Å². The lowest BCUT2D eigenvalue weighted by Crippen LogP contribution is -2.37. The van der Waals surface area contributed by atoms with E-state index in [4.69, 9.17) is 24.6 Å². The van der Waals surface area contributed by atoms with Crippen LogP contribution < -0.4 is 29.4 Å². The Labute approximate surface area is 384 Å². The number of hydrogen-bond donors (Lipinski definition) is 3. The lowest BCUT2D eigenvalue weighted by atomic mass is 9.94. The molecule has 14 nitrogen and oxygen atoms in total. The molecule has 4 aromatic carbocycles. The zero-order chi connectivity index (χ0) is 48.8. The summed E-state index contributed by atoms with van der Waals surface area (Å²) >= 11 is 0. The first-order valence-corrected chi connectivity index (χ1v) is 23.5. The van der Waals surface area contributed by atoms with Crippen molar-refractivity contribution < 1.29 is 44.6 Å². The summed E-state index contributed by atoms with van der Waals surface area (Å²) < 4.78 is 93.1. The molecule has 2 atom stereocenters. The second-order valence-electron chi connectivity index (χ2n) is 15.3. The molecule has 2 amide bonds. The smallest absolute Gasteiger partial charge is 0.332 e. The lowest BCUT2D eigenvalue weighted by molar-refractivity contribution is 0.256. The van der Waals surface area contributed by atoms with Gasteiger partial charge < -0.3 is 19.5 Å². The fourth-order valence-electron chi connectivity index (χ4n) is 6.42. The Bertz CT molecular complexity index is 2870. The minimum atomic E-state index is -4.03. The highest BCUT2D eigenvalue weighted by atomic mass is 32.2. The van der Waals surface area contributed by atoms with Gasteiger partial charge in [-0.15, -0.1) is 5.26 Å². The molecule has 0 fully saturated rings. The Kier molecular flexibility index (Phi) is 18.3. The summed E-state index contributed by atoms with van der Waals surface area (Å²) in [6.07, 6.45) is 4.73. The van der Waals surface area contributed by atoms with Crippen molar-refractivity contribution in [1.82, 2.24) is 14.7 Å². The van der Waals surface area contributed by atoms with Gasteiger partial charge in [-0.1, -0.05) is 88.4 Å². The van der Waals surface area contributed by atoms with E-state index in [-0.39, 0.29) is 17.7 Å². The third-order valence-corrected chi connectivity index (χ3v) is 13.0. The van der Waals surface area contributed by atoms with Crippen molar-refractivity contribution in [2.75, 3.05) is 19.5 Å². The van der Waals surface area contributed by atoms with Crippen molar-refractivity contribution in [2.45, 2.75) is 63.9 Å². The van der Waals surface area contributed by atoms with Gasteiger partial charge in [0, 0.05) is 41.2 Å². The van der Waals surface area contributed by atoms with Crippen molar-refractivity contribution in [1.29, 1.82) is 5.26 Å². The van der Waals surface area contributed by atoms with Gasteiger partial charge in [-0.25, -0.2) is 50.2 Å². The van der Waals surface area contributed by atoms with E-state index in [9.17, 15) is 30.4 Å². The molecule has 0 radical (unpaired) electrons. The van der Waals surface area contributed by atoms with Crippen LogP contribution in [0.2, 0.25) is 0 Å². The Hall–Kier alpha value is -6.94. The van der Waals surface area contributed by atoms with Crippen molar-refractivity contribution in [3.05, 3.63) is 155 Å². The number of rotatable bonds is 13. The molecular weight excluding hydrogens is 891 g/mol. The Morgan fingerprint density at radius 2 is 1.12 bits per heavy atom. The topological polar surface area (TPSA) is 213 Å². The first-order valence-electron chi connectivity index (χ1n) is 20.4. The zero-order valence-corrected chi connectivity index (χ0v) is 39.2. The minimum Gasteiger partial charge on any atom is -0.481 e. The summed E-state index contributed by atoms with van der Waals surface area (Å²) in [5.41, 5.74) is 4.84. The van der Waals surface area contributed by atoms with Crippen molar-refractivity contribution in [2.24, 2.45) is 5.14 Å². The average Bonchev–Trinajstić information content (AvgIpc) is 3.29. The number of nitriles is 1. The quantitative estimate of drug-likeness (QED) is 0.0927. The first-order chi connectivity index (χ1) is 31.2. The number of urea groups is 1. The van der Waals surface area contributed by atoms with Gasteiger partial charge in [0.15, 0.2) is 5.75 Å². The van der Waals surface area contributed by atoms with Crippen molar-refractivity contribution in [3.63, 3.8) is 0 Å². The number of ether oxygens (including phenoxy) is 3. The fourth-order valence-corrected chi connectivity index (χ4v) is 7.96. The maximum Gasteiger partial charge on any atom is 0.332 e. The number of nitrogens with zero attached hydrogens (tertiary/aromatic N) is 3. The highest BCUT2D eigenvalue weighted by Gasteiger charge is 2.26. The van der Waals surface area contributed by atoms with Crippen LogP contribution in [0.15, 0.2) is 122 Å². The number of carbonyl (C=O) groups is 1. The molecule has 0 saturated carbocycles. The van der Waals surface area contributed by atoms with E-state index in [0.29, 0.717) is 62.1 Å². The van der Waals surface area contributed by atoms with Crippen LogP contribution in [0.5, 0.6) is 17.5 Å². The lowest BCUT2D eigenvalue weighted by Gasteiger charge is -2.20. The van der Waals surface area contributed by atoms with Crippen LogP contribution in [0, 0.1) is 23.2 Å². The fraction of sp³-hybridized carbons (Fsp3) is 0.250. The number of nitrogens with one attached hydrogen (secondary N) is 2. The summed E-state index contributed by atoms with van der Waals surface area (Å²) in [5.74, 6) is 0.0887. The monoisotopic (exact) mass is 942 g/mol. The third kappa shape index (κ3) is 14.0. The van der Waals surface area contributed by atoms with E-state index in [1.165, 1.54) is 51.6 Å². The maximum atomic E-state index is 14.5. The molecule has 0 spiro atoms. The number of amides is 2. The first kappa shape index (κ1) is 51.7. The average molecular weight is 943 g/mol. The van der Waals surface area contributed by atoms with E-state index in [1.54, 1.807) is 98.2 Å². The number of sulfonamides is 2. The van der Waals surface area contributed by atoms with Crippen LogP contribution in [-0.4, -0.2) is 47.1 Å². The summed E-state index contributed by atoms with van der Waals surface area (Å²) in [6.45, 7) is 10.6. The molecule has 4 N–H and O–H groups in total. The Morgan fingerprint density at radius 1 is 0.667 bits per heavy atom. The molecule has 0 saturated heterocycles. The molecule has 2 unspecified atom stereocenters. The van der Waals surface area contributed by atoms with Gasteiger partial charge in [0.25, 0.3) is 6.26 Å². The molecule has 0 aliphatic carbocycles. The SMILES string of the molecule is CC(c1ccccc1)S(N)(=O)=O.COc1cc(-c2cc(F)cc(C(C)C)c2NC(=O)NS(=O)(=O)C(C)c2ccccc2)ccn1.COc1cc(-c2cc(F)cc(C(C)C)c2OC#N)ccn1. The van der Waals surface area contributed by atoms with Crippen molar-refractivity contribution in [3.8, 4) is 46.0 Å². The third-order valence-electron chi connectivity index (χ3n) is 10.1. The van der Waals surface area contributed by atoms with E-state index >= 15 is 0 Å². The number of methoxy groups -OCH3 is 2. The number of aromatic nitrogens is 2. The van der Waals surface area contributed by atoms with E-state index in [0.717, 1.165) is 5.56 Å². The number of nitrogens with two attached hydrogens (primary N) is 1. The maximum absolute atomic E-state index is 14.5. The number of anilines is 1. The molecular formula is C48H52F2N6O8S2. The molecule has 0 bridgehead atoms. The summed E-state index contributed by atoms with van der Waals surface area (Å²) in [6, 6.07) is 28.5.